The first-order valence-corrected chi connectivity index (χ1v) is 9.27. The molecule has 0 bridgehead atoms. The quantitative estimate of drug-likeness (QED) is 0.519. The van der Waals surface area contributed by atoms with Crippen LogP contribution in [0.1, 0.15) is 5.56 Å². The SMILES string of the molecule is O=C(NCCOc1ccc(Cl)cc1)Nc1ccc(OCc2ccccc2)cc1. The molecule has 0 saturated heterocycles. The van der Waals surface area contributed by atoms with E-state index in [2.05, 4.69) is 10.6 Å². The number of amides is 2. The predicted molar refractivity (Wildman–Crippen MR) is 111 cm³/mol. The van der Waals surface area contributed by atoms with Crippen molar-refractivity contribution in [3.05, 3.63) is 89.4 Å². The third-order valence-corrected chi connectivity index (χ3v) is 4.08. The Morgan fingerprint density at radius 3 is 2.18 bits per heavy atom. The van der Waals surface area contributed by atoms with Crippen molar-refractivity contribution in [1.29, 1.82) is 0 Å². The van der Waals surface area contributed by atoms with E-state index in [1.54, 1.807) is 36.4 Å². The Hall–Kier alpha value is -3.18. The third-order valence-electron chi connectivity index (χ3n) is 3.83. The van der Waals surface area contributed by atoms with Gasteiger partial charge in [-0.1, -0.05) is 41.9 Å². The molecule has 0 aliphatic heterocycles. The van der Waals surface area contributed by atoms with E-state index in [4.69, 9.17) is 21.1 Å². The summed E-state index contributed by atoms with van der Waals surface area (Å²) in [5.74, 6) is 1.45. The van der Waals surface area contributed by atoms with Gasteiger partial charge in [-0.15, -0.1) is 0 Å². The molecule has 0 fully saturated rings. The number of hydrogen-bond donors (Lipinski definition) is 2. The number of hydrogen-bond acceptors (Lipinski definition) is 3. The van der Waals surface area contributed by atoms with E-state index < -0.39 is 0 Å². The van der Waals surface area contributed by atoms with Gasteiger partial charge in [0, 0.05) is 10.7 Å². The molecule has 5 nitrogen and oxygen atoms in total. The molecule has 0 spiro atoms. The van der Waals surface area contributed by atoms with Gasteiger partial charge in [-0.05, 0) is 54.1 Å². The predicted octanol–water partition coefficient (Wildman–Crippen LogP) is 5.12. The molecule has 3 rings (SSSR count). The van der Waals surface area contributed by atoms with Crippen molar-refractivity contribution in [3.63, 3.8) is 0 Å². The van der Waals surface area contributed by atoms with Gasteiger partial charge in [-0.2, -0.15) is 0 Å². The van der Waals surface area contributed by atoms with Crippen LogP contribution < -0.4 is 20.1 Å². The zero-order valence-electron chi connectivity index (χ0n) is 15.2. The van der Waals surface area contributed by atoms with Gasteiger partial charge in [-0.3, -0.25) is 0 Å². The van der Waals surface area contributed by atoms with Gasteiger partial charge >= 0.3 is 6.03 Å². The lowest BCUT2D eigenvalue weighted by Crippen LogP contribution is -2.32. The highest BCUT2D eigenvalue weighted by atomic mass is 35.5. The van der Waals surface area contributed by atoms with Gasteiger partial charge in [0.15, 0.2) is 0 Å². The second-order valence-electron chi connectivity index (χ2n) is 5.98. The number of ether oxygens (including phenoxy) is 2. The Morgan fingerprint density at radius 2 is 1.46 bits per heavy atom. The Bertz CT molecular complexity index is 869. The Kier molecular flexibility index (Phi) is 7.15. The number of nitrogens with one attached hydrogen (secondary N) is 2. The highest BCUT2D eigenvalue weighted by Crippen LogP contribution is 2.17. The van der Waals surface area contributed by atoms with Crippen LogP contribution in [0.25, 0.3) is 0 Å². The maximum atomic E-state index is 11.9. The molecule has 6 heteroatoms. The van der Waals surface area contributed by atoms with Gasteiger partial charge in [0.2, 0.25) is 0 Å². The van der Waals surface area contributed by atoms with Gasteiger partial charge in [0.25, 0.3) is 0 Å². The van der Waals surface area contributed by atoms with Gasteiger partial charge in [-0.25, -0.2) is 4.79 Å². The summed E-state index contributed by atoms with van der Waals surface area (Å²) in [4.78, 5) is 11.9. The van der Waals surface area contributed by atoms with Gasteiger partial charge in [0.05, 0.1) is 6.54 Å². The van der Waals surface area contributed by atoms with Crippen LogP contribution in [-0.4, -0.2) is 19.2 Å². The zero-order valence-corrected chi connectivity index (χ0v) is 16.0. The molecule has 0 atom stereocenters. The average molecular weight is 397 g/mol. The van der Waals surface area contributed by atoms with Crippen LogP contribution in [0.2, 0.25) is 5.02 Å². The molecule has 2 amide bonds. The smallest absolute Gasteiger partial charge is 0.319 e. The largest absolute Gasteiger partial charge is 0.492 e. The lowest BCUT2D eigenvalue weighted by atomic mass is 10.2. The minimum Gasteiger partial charge on any atom is -0.492 e. The standard InChI is InChI=1S/C22H21ClN2O3/c23-18-6-10-20(11-7-18)27-15-14-24-22(26)25-19-8-12-21(13-9-19)28-16-17-4-2-1-3-5-17/h1-13H,14-16H2,(H2,24,25,26). The molecule has 0 radical (unpaired) electrons. The van der Waals surface area contributed by atoms with Crippen molar-refractivity contribution in [2.24, 2.45) is 0 Å². The van der Waals surface area contributed by atoms with Crippen LogP contribution in [0.4, 0.5) is 10.5 Å². The molecule has 2 N–H and O–H groups in total. The van der Waals surface area contributed by atoms with E-state index in [0.717, 1.165) is 11.3 Å². The van der Waals surface area contributed by atoms with Crippen LogP contribution in [0.5, 0.6) is 11.5 Å². The van der Waals surface area contributed by atoms with E-state index in [-0.39, 0.29) is 6.03 Å². The monoisotopic (exact) mass is 396 g/mol. The number of benzene rings is 3. The fraction of sp³-hybridized carbons (Fsp3) is 0.136. The van der Waals surface area contributed by atoms with E-state index in [9.17, 15) is 4.79 Å². The van der Waals surface area contributed by atoms with E-state index in [0.29, 0.717) is 36.2 Å². The lowest BCUT2D eigenvalue weighted by Gasteiger charge is -2.10. The van der Waals surface area contributed by atoms with Crippen molar-refractivity contribution in [1.82, 2.24) is 5.32 Å². The number of carbonyl (C=O) groups excluding carboxylic acids is 1. The van der Waals surface area contributed by atoms with Crippen LogP contribution in [-0.2, 0) is 6.61 Å². The maximum absolute atomic E-state index is 11.9. The summed E-state index contributed by atoms with van der Waals surface area (Å²) in [6.07, 6.45) is 0. The van der Waals surface area contributed by atoms with Crippen molar-refractivity contribution in [3.8, 4) is 11.5 Å². The molecule has 0 aliphatic rings. The maximum Gasteiger partial charge on any atom is 0.319 e. The van der Waals surface area contributed by atoms with E-state index >= 15 is 0 Å². The Morgan fingerprint density at radius 1 is 0.821 bits per heavy atom. The van der Waals surface area contributed by atoms with E-state index in [1.807, 2.05) is 42.5 Å². The zero-order chi connectivity index (χ0) is 19.6. The average Bonchev–Trinajstić information content (AvgIpc) is 2.73. The fourth-order valence-electron chi connectivity index (χ4n) is 2.41. The summed E-state index contributed by atoms with van der Waals surface area (Å²) in [5, 5.41) is 6.17. The summed E-state index contributed by atoms with van der Waals surface area (Å²) < 4.78 is 11.3. The van der Waals surface area contributed by atoms with Crippen LogP contribution >= 0.6 is 11.6 Å². The molecule has 0 aliphatic carbocycles. The molecule has 144 valence electrons. The van der Waals surface area contributed by atoms with Crippen molar-refractivity contribution in [2.75, 3.05) is 18.5 Å². The Balaban J connectivity index is 1.36. The summed E-state index contributed by atoms with van der Waals surface area (Å²) in [5.41, 5.74) is 1.79. The van der Waals surface area contributed by atoms with Crippen molar-refractivity contribution >= 4 is 23.3 Å². The fourth-order valence-corrected chi connectivity index (χ4v) is 2.54. The van der Waals surface area contributed by atoms with E-state index in [1.165, 1.54) is 0 Å². The Labute approximate surface area is 169 Å². The highest BCUT2D eigenvalue weighted by Gasteiger charge is 2.02. The van der Waals surface area contributed by atoms with Crippen molar-refractivity contribution < 1.29 is 14.3 Å². The minimum atomic E-state index is -0.294. The summed E-state index contributed by atoms with van der Waals surface area (Å²) in [6.45, 7) is 1.25. The van der Waals surface area contributed by atoms with Crippen LogP contribution in [0.3, 0.4) is 0 Å². The molecular weight excluding hydrogens is 376 g/mol. The second-order valence-corrected chi connectivity index (χ2v) is 6.42. The molecule has 0 aromatic heterocycles. The summed E-state index contributed by atoms with van der Waals surface area (Å²) >= 11 is 5.82. The minimum absolute atomic E-state index is 0.294. The first kappa shape index (κ1) is 19.6. The second kappa shape index (κ2) is 10.2. The topological polar surface area (TPSA) is 59.6 Å². The molecule has 0 saturated carbocycles. The van der Waals surface area contributed by atoms with Crippen LogP contribution in [0, 0.1) is 0 Å². The molecule has 3 aromatic rings. The third kappa shape index (κ3) is 6.52. The number of urea groups is 1. The normalized spacial score (nSPS) is 10.2. The summed E-state index contributed by atoms with van der Waals surface area (Å²) in [7, 11) is 0. The molecular formula is C22H21ClN2O3. The van der Waals surface area contributed by atoms with Gasteiger partial charge in [0.1, 0.15) is 24.7 Å². The first-order valence-electron chi connectivity index (χ1n) is 8.89. The summed E-state index contributed by atoms with van der Waals surface area (Å²) in [6, 6.07) is 24.0. The molecule has 0 unspecified atom stereocenters. The molecule has 3 aromatic carbocycles. The lowest BCUT2D eigenvalue weighted by molar-refractivity contribution is 0.247. The molecule has 0 heterocycles. The number of carbonyl (C=O) groups is 1. The number of rotatable bonds is 8. The first-order chi connectivity index (χ1) is 13.7. The highest BCUT2D eigenvalue weighted by molar-refractivity contribution is 6.30. The number of anilines is 1. The van der Waals surface area contributed by atoms with Gasteiger partial charge < -0.3 is 20.1 Å². The number of halogens is 1. The molecule has 28 heavy (non-hydrogen) atoms. The van der Waals surface area contributed by atoms with Crippen LogP contribution in [0.15, 0.2) is 78.9 Å². The van der Waals surface area contributed by atoms with Crippen molar-refractivity contribution in [2.45, 2.75) is 6.61 Å².